The van der Waals surface area contributed by atoms with Gasteiger partial charge >= 0.3 is 0 Å². The van der Waals surface area contributed by atoms with E-state index in [9.17, 15) is 4.79 Å². The van der Waals surface area contributed by atoms with E-state index in [-0.39, 0.29) is 5.91 Å². The number of thiazole rings is 1. The van der Waals surface area contributed by atoms with Gasteiger partial charge in [0.2, 0.25) is 0 Å². The zero-order chi connectivity index (χ0) is 23.2. The van der Waals surface area contributed by atoms with Crippen LogP contribution in [0, 0.1) is 18.8 Å². The molecule has 0 aliphatic heterocycles. The van der Waals surface area contributed by atoms with Gasteiger partial charge in [-0.25, -0.2) is 4.98 Å². The fourth-order valence-electron chi connectivity index (χ4n) is 5.17. The highest BCUT2D eigenvalue weighted by Crippen LogP contribution is 2.39. The number of para-hydroxylation sites is 1. The Bertz CT molecular complexity index is 1050. The van der Waals surface area contributed by atoms with Gasteiger partial charge < -0.3 is 5.32 Å². The second-order valence-electron chi connectivity index (χ2n) is 9.78. The van der Waals surface area contributed by atoms with Gasteiger partial charge in [0.05, 0.1) is 5.01 Å². The average molecular weight is 461 g/mol. The summed E-state index contributed by atoms with van der Waals surface area (Å²) < 4.78 is 0. The Labute approximate surface area is 202 Å². The fourth-order valence-corrected chi connectivity index (χ4v) is 6.14. The third-order valence-electron chi connectivity index (χ3n) is 7.01. The Morgan fingerprint density at radius 1 is 1.09 bits per heavy atom. The summed E-state index contributed by atoms with van der Waals surface area (Å²) in [5.41, 5.74) is 4.70. The fraction of sp³-hybridized carbons (Fsp3) is 0.448. The van der Waals surface area contributed by atoms with E-state index in [0.717, 1.165) is 33.7 Å². The van der Waals surface area contributed by atoms with Gasteiger partial charge in [0.15, 0.2) is 0 Å². The highest BCUT2D eigenvalue weighted by Gasteiger charge is 2.26. The summed E-state index contributed by atoms with van der Waals surface area (Å²) in [5.74, 6) is 2.09. The maximum Gasteiger partial charge on any atom is 0.275 e. The van der Waals surface area contributed by atoms with Crippen LogP contribution in [0.1, 0.15) is 85.8 Å². The van der Waals surface area contributed by atoms with E-state index in [2.05, 4.69) is 50.4 Å². The molecule has 0 bridgehead atoms. The summed E-state index contributed by atoms with van der Waals surface area (Å²) in [6.45, 7) is 6.76. The molecule has 33 heavy (non-hydrogen) atoms. The second kappa shape index (κ2) is 11.1. The van der Waals surface area contributed by atoms with Crippen molar-refractivity contribution >= 4 is 22.9 Å². The number of nitrogens with one attached hydrogen (secondary N) is 1. The molecule has 0 radical (unpaired) electrons. The van der Waals surface area contributed by atoms with Crippen molar-refractivity contribution < 1.29 is 4.79 Å². The lowest BCUT2D eigenvalue weighted by atomic mass is 9.78. The van der Waals surface area contributed by atoms with Crippen LogP contribution in [-0.2, 0) is 0 Å². The van der Waals surface area contributed by atoms with Crippen molar-refractivity contribution in [3.05, 3.63) is 70.2 Å². The number of benzene rings is 2. The minimum Gasteiger partial charge on any atom is -0.320 e. The quantitative estimate of drug-likeness (QED) is 0.366. The molecule has 1 aliphatic rings. The molecule has 4 heteroatoms. The molecular weight excluding hydrogens is 424 g/mol. The van der Waals surface area contributed by atoms with E-state index in [1.54, 1.807) is 11.3 Å². The standard InChI is InChI=1S/C29H36N2OS/c1-4-7-21(3)18-22-12-16-24(17-13-22)29-31-27(19-33-29)28(32)30-26-9-6-5-8-25(26)23-14-10-20(2)11-15-23/h5-6,8-11,14-15,19,21-22,24H,4,7,12-13,16-18H2,1-3H3,(H,30,32). The molecule has 3 aromatic rings. The molecule has 1 unspecified atom stereocenters. The van der Waals surface area contributed by atoms with Crippen LogP contribution in [0.25, 0.3) is 11.1 Å². The molecule has 1 atom stereocenters. The van der Waals surface area contributed by atoms with Gasteiger partial charge in [0, 0.05) is 22.5 Å². The molecule has 174 valence electrons. The molecular formula is C29H36N2OS. The summed E-state index contributed by atoms with van der Waals surface area (Å²) in [7, 11) is 0. The van der Waals surface area contributed by atoms with Crippen LogP contribution in [0.5, 0.6) is 0 Å². The lowest BCUT2D eigenvalue weighted by Gasteiger charge is -2.29. The minimum absolute atomic E-state index is 0.126. The normalized spacial score (nSPS) is 19.2. The first-order valence-corrected chi connectivity index (χ1v) is 13.3. The highest BCUT2D eigenvalue weighted by atomic mass is 32.1. The average Bonchev–Trinajstić information content (AvgIpc) is 3.31. The zero-order valence-corrected chi connectivity index (χ0v) is 21.0. The maximum absolute atomic E-state index is 13.0. The number of rotatable bonds is 8. The predicted octanol–water partition coefficient (Wildman–Crippen LogP) is 8.47. The Morgan fingerprint density at radius 2 is 1.82 bits per heavy atom. The van der Waals surface area contributed by atoms with Gasteiger partial charge in [0.1, 0.15) is 5.69 Å². The molecule has 3 nitrogen and oxygen atoms in total. The first-order chi connectivity index (χ1) is 16.0. The Kier molecular flexibility index (Phi) is 7.97. The molecule has 0 saturated heterocycles. The summed E-state index contributed by atoms with van der Waals surface area (Å²) in [6, 6.07) is 16.4. The Morgan fingerprint density at radius 3 is 2.55 bits per heavy atom. The number of aromatic nitrogens is 1. The van der Waals surface area contributed by atoms with Crippen molar-refractivity contribution in [2.45, 2.75) is 71.6 Å². The molecule has 0 spiro atoms. The third-order valence-corrected chi connectivity index (χ3v) is 8.01. The minimum atomic E-state index is -0.126. The van der Waals surface area contributed by atoms with E-state index in [1.165, 1.54) is 50.5 Å². The van der Waals surface area contributed by atoms with Crippen LogP contribution in [0.15, 0.2) is 53.9 Å². The highest BCUT2D eigenvalue weighted by molar-refractivity contribution is 7.10. The number of anilines is 1. The lowest BCUT2D eigenvalue weighted by Crippen LogP contribution is -2.16. The summed E-state index contributed by atoms with van der Waals surface area (Å²) in [4.78, 5) is 17.8. The van der Waals surface area contributed by atoms with Crippen molar-refractivity contribution in [1.29, 1.82) is 0 Å². The molecule has 1 fully saturated rings. The first kappa shape index (κ1) is 23.7. The SMILES string of the molecule is CCCC(C)CC1CCC(c2nc(C(=O)Nc3ccccc3-c3ccc(C)cc3)cs2)CC1. The largest absolute Gasteiger partial charge is 0.320 e. The lowest BCUT2D eigenvalue weighted by molar-refractivity contribution is 0.102. The smallest absolute Gasteiger partial charge is 0.275 e. The summed E-state index contributed by atoms with van der Waals surface area (Å²) >= 11 is 1.65. The summed E-state index contributed by atoms with van der Waals surface area (Å²) in [5, 5.41) is 6.16. The number of nitrogens with zero attached hydrogens (tertiary/aromatic N) is 1. The molecule has 1 aromatic heterocycles. The molecule has 1 saturated carbocycles. The molecule has 4 rings (SSSR count). The number of carbonyl (C=O) groups is 1. The number of aryl methyl sites for hydroxylation is 1. The van der Waals surface area contributed by atoms with Crippen molar-refractivity contribution in [2.75, 3.05) is 5.32 Å². The van der Waals surface area contributed by atoms with Gasteiger partial charge in [-0.05, 0) is 62.5 Å². The first-order valence-electron chi connectivity index (χ1n) is 12.5. The van der Waals surface area contributed by atoms with Gasteiger partial charge in [-0.15, -0.1) is 11.3 Å². The predicted molar refractivity (Wildman–Crippen MR) is 140 cm³/mol. The Hall–Kier alpha value is -2.46. The summed E-state index contributed by atoms with van der Waals surface area (Å²) in [6.07, 6.45) is 9.00. The zero-order valence-electron chi connectivity index (χ0n) is 20.1. The van der Waals surface area contributed by atoms with Gasteiger partial charge in [-0.2, -0.15) is 0 Å². The number of hydrogen-bond donors (Lipinski definition) is 1. The van der Waals surface area contributed by atoms with Crippen LogP contribution < -0.4 is 5.32 Å². The topological polar surface area (TPSA) is 42.0 Å². The third kappa shape index (κ3) is 6.11. The van der Waals surface area contributed by atoms with Crippen LogP contribution in [0.4, 0.5) is 5.69 Å². The Balaban J connectivity index is 1.38. The van der Waals surface area contributed by atoms with Crippen LogP contribution >= 0.6 is 11.3 Å². The van der Waals surface area contributed by atoms with E-state index in [4.69, 9.17) is 4.98 Å². The van der Waals surface area contributed by atoms with Crippen molar-refractivity contribution in [1.82, 2.24) is 4.98 Å². The maximum atomic E-state index is 13.0. The monoisotopic (exact) mass is 460 g/mol. The number of amides is 1. The van der Waals surface area contributed by atoms with Crippen LogP contribution in [0.3, 0.4) is 0 Å². The van der Waals surface area contributed by atoms with E-state index in [1.807, 2.05) is 29.6 Å². The van der Waals surface area contributed by atoms with Crippen molar-refractivity contribution in [2.24, 2.45) is 11.8 Å². The molecule has 1 aliphatic carbocycles. The van der Waals surface area contributed by atoms with E-state index in [0.29, 0.717) is 11.6 Å². The molecule has 2 aromatic carbocycles. The molecule has 1 N–H and O–H groups in total. The van der Waals surface area contributed by atoms with Crippen molar-refractivity contribution in [3.63, 3.8) is 0 Å². The second-order valence-corrected chi connectivity index (χ2v) is 10.7. The van der Waals surface area contributed by atoms with Gasteiger partial charge in [-0.3, -0.25) is 4.79 Å². The molecule has 1 amide bonds. The number of hydrogen-bond acceptors (Lipinski definition) is 3. The van der Waals surface area contributed by atoms with Gasteiger partial charge in [0.25, 0.3) is 5.91 Å². The van der Waals surface area contributed by atoms with E-state index < -0.39 is 0 Å². The van der Waals surface area contributed by atoms with Crippen LogP contribution in [-0.4, -0.2) is 10.9 Å². The number of carbonyl (C=O) groups excluding carboxylic acids is 1. The van der Waals surface area contributed by atoms with E-state index >= 15 is 0 Å². The van der Waals surface area contributed by atoms with Gasteiger partial charge in [-0.1, -0.05) is 74.7 Å². The van der Waals surface area contributed by atoms with Crippen LogP contribution in [0.2, 0.25) is 0 Å². The molecule has 1 heterocycles. The van der Waals surface area contributed by atoms with Crippen molar-refractivity contribution in [3.8, 4) is 11.1 Å².